The fraction of sp³-hybridized carbons (Fsp3) is 0.357. The van der Waals surface area contributed by atoms with Crippen molar-refractivity contribution in [3.8, 4) is 17.2 Å². The summed E-state index contributed by atoms with van der Waals surface area (Å²) in [5.41, 5.74) is 2.84. The summed E-state index contributed by atoms with van der Waals surface area (Å²) >= 11 is 0. The lowest BCUT2D eigenvalue weighted by molar-refractivity contribution is 0.0663. The number of rotatable bonds is 12. The maximum Gasteiger partial charge on any atom is 0.257 e. The van der Waals surface area contributed by atoms with Gasteiger partial charge >= 0.3 is 0 Å². The van der Waals surface area contributed by atoms with Crippen LogP contribution >= 0.6 is 0 Å². The molecule has 1 amide bonds. The van der Waals surface area contributed by atoms with E-state index < -0.39 is 0 Å². The second-order valence-electron chi connectivity index (χ2n) is 8.20. The molecule has 6 nitrogen and oxygen atoms in total. The Kier molecular flexibility index (Phi) is 9.47. The fourth-order valence-electron chi connectivity index (χ4n) is 3.44. The quantitative estimate of drug-likeness (QED) is 0.329. The lowest BCUT2D eigenvalue weighted by Crippen LogP contribution is -2.16. The first-order valence-electron chi connectivity index (χ1n) is 11.9. The molecule has 0 saturated heterocycles. The fourth-order valence-corrected chi connectivity index (χ4v) is 3.44. The van der Waals surface area contributed by atoms with Crippen LogP contribution in [0.25, 0.3) is 0 Å². The number of pyridine rings is 1. The summed E-state index contributed by atoms with van der Waals surface area (Å²) in [6, 6.07) is 18.6. The topological polar surface area (TPSA) is 69.7 Å². The predicted octanol–water partition coefficient (Wildman–Crippen LogP) is 6.58. The van der Waals surface area contributed by atoms with Crippen molar-refractivity contribution < 1.29 is 19.0 Å². The molecule has 0 saturated carbocycles. The molecule has 0 radical (unpaired) electrons. The number of carbonyl (C=O) groups excluding carboxylic acids is 1. The van der Waals surface area contributed by atoms with Gasteiger partial charge in [0.25, 0.3) is 5.91 Å². The molecule has 1 aromatic heterocycles. The van der Waals surface area contributed by atoms with Crippen molar-refractivity contribution in [2.45, 2.75) is 53.1 Å². The Balaban J connectivity index is 1.61. The highest BCUT2D eigenvalue weighted by Gasteiger charge is 2.13. The summed E-state index contributed by atoms with van der Waals surface area (Å²) in [7, 11) is 0. The van der Waals surface area contributed by atoms with E-state index in [9.17, 15) is 4.79 Å². The number of para-hydroxylation sites is 2. The minimum atomic E-state index is -0.196. The van der Waals surface area contributed by atoms with Crippen LogP contribution < -0.4 is 14.8 Å². The average molecular weight is 463 g/mol. The van der Waals surface area contributed by atoms with E-state index in [1.165, 1.54) is 0 Å². The van der Waals surface area contributed by atoms with Crippen molar-refractivity contribution >= 4 is 11.6 Å². The molecule has 3 aromatic rings. The zero-order valence-electron chi connectivity index (χ0n) is 20.5. The highest BCUT2D eigenvalue weighted by atomic mass is 16.5. The van der Waals surface area contributed by atoms with Gasteiger partial charge in [-0.25, -0.2) is 0 Å². The number of nitrogens with zero attached hydrogens (tertiary/aromatic N) is 1. The minimum absolute atomic E-state index is 0.0948. The molecule has 1 heterocycles. The molecule has 2 aromatic carbocycles. The molecule has 0 aliphatic rings. The number of aryl methyl sites for hydroxylation is 1. The summed E-state index contributed by atoms with van der Waals surface area (Å²) in [4.78, 5) is 17.4. The van der Waals surface area contributed by atoms with Crippen molar-refractivity contribution in [1.82, 2.24) is 4.98 Å². The smallest absolute Gasteiger partial charge is 0.257 e. The lowest BCUT2D eigenvalue weighted by Gasteiger charge is -2.14. The Morgan fingerprint density at radius 3 is 2.32 bits per heavy atom. The molecule has 0 aliphatic carbocycles. The third-order valence-electron chi connectivity index (χ3n) is 5.14. The summed E-state index contributed by atoms with van der Waals surface area (Å²) in [6.45, 7) is 9.41. The molecular weight excluding hydrogens is 428 g/mol. The maximum absolute atomic E-state index is 12.8. The molecule has 0 spiro atoms. The highest BCUT2D eigenvalue weighted by Crippen LogP contribution is 2.32. The summed E-state index contributed by atoms with van der Waals surface area (Å²) < 4.78 is 17.5. The molecule has 0 bridgehead atoms. The van der Waals surface area contributed by atoms with Crippen molar-refractivity contribution in [2.24, 2.45) is 0 Å². The zero-order chi connectivity index (χ0) is 24.3. The summed E-state index contributed by atoms with van der Waals surface area (Å²) in [6.07, 6.45) is 2.73. The van der Waals surface area contributed by atoms with Gasteiger partial charge in [0.05, 0.1) is 24.0 Å². The number of carbonyl (C=O) groups is 1. The molecule has 1 atom stereocenters. The second-order valence-corrected chi connectivity index (χ2v) is 8.20. The highest BCUT2D eigenvalue weighted by molar-refractivity contribution is 6.05. The van der Waals surface area contributed by atoms with Gasteiger partial charge in [-0.15, -0.1) is 0 Å². The van der Waals surface area contributed by atoms with Crippen LogP contribution in [-0.4, -0.2) is 30.2 Å². The third-order valence-corrected chi connectivity index (χ3v) is 5.14. The average Bonchev–Trinajstić information content (AvgIpc) is 2.83. The van der Waals surface area contributed by atoms with E-state index in [0.717, 1.165) is 31.6 Å². The lowest BCUT2D eigenvalue weighted by atomic mass is 10.1. The van der Waals surface area contributed by atoms with Crippen LogP contribution in [0.2, 0.25) is 0 Å². The number of aromatic nitrogens is 1. The number of nitrogens with one attached hydrogen (secondary N) is 1. The van der Waals surface area contributed by atoms with Crippen LogP contribution in [0.5, 0.6) is 17.2 Å². The van der Waals surface area contributed by atoms with Gasteiger partial charge in [-0.2, -0.15) is 0 Å². The van der Waals surface area contributed by atoms with Crippen molar-refractivity contribution in [1.29, 1.82) is 0 Å². The first-order valence-corrected chi connectivity index (χ1v) is 11.9. The molecule has 1 unspecified atom stereocenters. The van der Waals surface area contributed by atoms with Gasteiger partial charge in [0.1, 0.15) is 5.75 Å². The Hall–Kier alpha value is -3.38. The van der Waals surface area contributed by atoms with Gasteiger partial charge in [-0.05, 0) is 75.2 Å². The van der Waals surface area contributed by atoms with Gasteiger partial charge in [-0.3, -0.25) is 9.78 Å². The molecule has 6 heteroatoms. The van der Waals surface area contributed by atoms with Crippen molar-refractivity contribution in [3.63, 3.8) is 0 Å². The Morgan fingerprint density at radius 2 is 1.65 bits per heavy atom. The SMILES string of the molecule is CCCOc1ccccc1Oc1ccc(NC(=O)c2ccc(CC(C)OCCC)nc2C)cc1. The van der Waals surface area contributed by atoms with E-state index in [1.807, 2.05) is 74.5 Å². The number of anilines is 1. The standard InChI is InChI=1S/C28H34N2O4/c1-5-17-32-20(3)19-23-13-16-25(21(4)29-23)28(31)30-22-11-14-24(15-12-22)34-27-10-8-7-9-26(27)33-18-6-2/h7-16,20H,5-6,17-19H2,1-4H3,(H,30,31). The Morgan fingerprint density at radius 1 is 0.941 bits per heavy atom. The molecule has 0 aliphatic heterocycles. The number of amides is 1. The van der Waals surface area contributed by atoms with Crippen LogP contribution in [0.1, 0.15) is 55.4 Å². The second kappa shape index (κ2) is 12.8. The first-order chi connectivity index (χ1) is 16.5. The Bertz CT molecular complexity index is 1070. The van der Waals surface area contributed by atoms with Crippen LogP contribution in [0, 0.1) is 6.92 Å². The van der Waals surface area contributed by atoms with Crippen LogP contribution in [-0.2, 0) is 11.2 Å². The Labute approximate surface area is 202 Å². The van der Waals surface area contributed by atoms with Crippen LogP contribution in [0.15, 0.2) is 60.7 Å². The largest absolute Gasteiger partial charge is 0.490 e. The monoisotopic (exact) mass is 462 g/mol. The number of benzene rings is 2. The van der Waals surface area contributed by atoms with Gasteiger partial charge < -0.3 is 19.5 Å². The number of hydrogen-bond donors (Lipinski definition) is 1. The van der Waals surface area contributed by atoms with Gasteiger partial charge in [0.2, 0.25) is 0 Å². The molecule has 0 fully saturated rings. The van der Waals surface area contributed by atoms with Crippen LogP contribution in [0.4, 0.5) is 5.69 Å². The van der Waals surface area contributed by atoms with E-state index in [2.05, 4.69) is 24.1 Å². The van der Waals surface area contributed by atoms with E-state index >= 15 is 0 Å². The normalized spacial score (nSPS) is 11.6. The summed E-state index contributed by atoms with van der Waals surface area (Å²) in [5.74, 6) is 1.83. The minimum Gasteiger partial charge on any atom is -0.490 e. The van der Waals surface area contributed by atoms with E-state index in [-0.39, 0.29) is 12.0 Å². The predicted molar refractivity (Wildman–Crippen MR) is 135 cm³/mol. The van der Waals surface area contributed by atoms with Crippen molar-refractivity contribution in [2.75, 3.05) is 18.5 Å². The van der Waals surface area contributed by atoms with Gasteiger partial charge in [0, 0.05) is 24.4 Å². The third kappa shape index (κ3) is 7.32. The van der Waals surface area contributed by atoms with E-state index in [1.54, 1.807) is 0 Å². The number of ether oxygens (including phenoxy) is 3. The molecule has 1 N–H and O–H groups in total. The zero-order valence-corrected chi connectivity index (χ0v) is 20.5. The molecule has 3 rings (SSSR count). The first kappa shape index (κ1) is 25.2. The van der Waals surface area contributed by atoms with Gasteiger partial charge in [-0.1, -0.05) is 26.0 Å². The molecular formula is C28H34N2O4. The molecule has 34 heavy (non-hydrogen) atoms. The van der Waals surface area contributed by atoms with Gasteiger partial charge in [0.15, 0.2) is 11.5 Å². The van der Waals surface area contributed by atoms with Crippen LogP contribution in [0.3, 0.4) is 0 Å². The van der Waals surface area contributed by atoms with E-state index in [0.29, 0.717) is 40.8 Å². The number of hydrogen-bond acceptors (Lipinski definition) is 5. The molecule has 180 valence electrons. The summed E-state index contributed by atoms with van der Waals surface area (Å²) in [5, 5.41) is 2.93. The van der Waals surface area contributed by atoms with E-state index in [4.69, 9.17) is 14.2 Å². The maximum atomic E-state index is 12.8. The van der Waals surface area contributed by atoms with Crippen molar-refractivity contribution in [3.05, 3.63) is 77.6 Å².